The normalized spacial score (nSPS) is 19.3. The number of H-pyrrole nitrogens is 1. The third kappa shape index (κ3) is 3.09. The number of anilines is 1. The maximum atomic E-state index is 12.6. The van der Waals surface area contributed by atoms with Crippen LogP contribution in [0, 0.1) is 0 Å². The average molecular weight is 336 g/mol. The van der Waals surface area contributed by atoms with Crippen LogP contribution in [0.4, 0.5) is 5.69 Å². The molecule has 1 saturated heterocycles. The number of fused-ring (bicyclic) bond motifs is 1. The van der Waals surface area contributed by atoms with Gasteiger partial charge in [0.25, 0.3) is 0 Å². The van der Waals surface area contributed by atoms with Crippen molar-refractivity contribution in [1.82, 2.24) is 14.3 Å². The van der Waals surface area contributed by atoms with Gasteiger partial charge < -0.3 is 10.3 Å². The van der Waals surface area contributed by atoms with E-state index in [1.54, 1.807) is 12.4 Å². The lowest BCUT2D eigenvalue weighted by Crippen LogP contribution is -2.44. The lowest BCUT2D eigenvalue weighted by atomic mass is 10.2. The van der Waals surface area contributed by atoms with Gasteiger partial charge in [-0.15, -0.1) is 0 Å². The Hall–Kier alpha value is -1.93. The predicted octanol–water partition coefficient (Wildman–Crippen LogP) is 1.71. The van der Waals surface area contributed by atoms with Crippen LogP contribution in [0.2, 0.25) is 0 Å². The van der Waals surface area contributed by atoms with Gasteiger partial charge in [0, 0.05) is 6.54 Å². The number of imidazole rings is 1. The number of carbonyl (C=O) groups is 1. The quantitative estimate of drug-likeness (QED) is 0.869. The fourth-order valence-electron chi connectivity index (χ4n) is 2.99. The van der Waals surface area contributed by atoms with Crippen molar-refractivity contribution in [2.24, 2.45) is 0 Å². The molecule has 1 aromatic heterocycles. The summed E-state index contributed by atoms with van der Waals surface area (Å²) in [5.74, 6) is -0.219. The minimum atomic E-state index is -3.38. The first kappa shape index (κ1) is 15.9. The molecule has 0 bridgehead atoms. The highest BCUT2D eigenvalue weighted by Gasteiger charge is 2.38. The second-order valence-corrected chi connectivity index (χ2v) is 7.72. The summed E-state index contributed by atoms with van der Waals surface area (Å²) in [4.78, 5) is 19.8. The van der Waals surface area contributed by atoms with Gasteiger partial charge in [0.05, 0.1) is 23.3 Å². The minimum absolute atomic E-state index is 0.0751. The van der Waals surface area contributed by atoms with E-state index in [4.69, 9.17) is 0 Å². The fraction of sp³-hybridized carbons (Fsp3) is 0.467. The number of sulfonamides is 1. The molecule has 1 amide bonds. The molecule has 23 heavy (non-hydrogen) atoms. The van der Waals surface area contributed by atoms with Crippen LogP contribution in [0.3, 0.4) is 0 Å². The molecule has 2 heterocycles. The van der Waals surface area contributed by atoms with Crippen molar-refractivity contribution in [3.63, 3.8) is 0 Å². The third-order valence-corrected chi connectivity index (χ3v) is 6.11. The molecule has 1 fully saturated rings. The van der Waals surface area contributed by atoms with Gasteiger partial charge in [-0.05, 0) is 31.4 Å². The summed E-state index contributed by atoms with van der Waals surface area (Å²) in [5, 5.41) is 2.83. The summed E-state index contributed by atoms with van der Waals surface area (Å²) in [6.45, 7) is 2.23. The summed E-state index contributed by atoms with van der Waals surface area (Å²) >= 11 is 0. The van der Waals surface area contributed by atoms with Crippen molar-refractivity contribution < 1.29 is 13.2 Å². The minimum Gasteiger partial charge on any atom is -0.345 e. The van der Waals surface area contributed by atoms with Gasteiger partial charge in [0.1, 0.15) is 11.6 Å². The molecule has 0 saturated carbocycles. The van der Waals surface area contributed by atoms with Crippen molar-refractivity contribution in [3.8, 4) is 0 Å². The number of para-hydroxylation sites is 1. The van der Waals surface area contributed by atoms with E-state index in [0.717, 1.165) is 5.52 Å². The first-order valence-corrected chi connectivity index (χ1v) is 9.36. The Labute approximate surface area is 135 Å². The molecule has 7 nitrogen and oxygen atoms in total. The van der Waals surface area contributed by atoms with Crippen LogP contribution < -0.4 is 5.32 Å². The number of aromatic amines is 1. The number of carbonyl (C=O) groups excluding carboxylic acids is 1. The molecule has 1 aliphatic rings. The summed E-state index contributed by atoms with van der Waals surface area (Å²) in [6.07, 6.45) is 3.35. The van der Waals surface area contributed by atoms with Crippen molar-refractivity contribution in [1.29, 1.82) is 0 Å². The summed E-state index contributed by atoms with van der Waals surface area (Å²) in [6, 6.07) is 4.81. The van der Waals surface area contributed by atoms with Crippen LogP contribution in [0.5, 0.6) is 0 Å². The molecular weight excluding hydrogens is 316 g/mol. The van der Waals surface area contributed by atoms with Crippen LogP contribution in [-0.4, -0.2) is 46.9 Å². The van der Waals surface area contributed by atoms with Crippen LogP contribution >= 0.6 is 0 Å². The lowest BCUT2D eigenvalue weighted by molar-refractivity contribution is -0.119. The van der Waals surface area contributed by atoms with Crippen LogP contribution in [0.1, 0.15) is 26.2 Å². The van der Waals surface area contributed by atoms with Gasteiger partial charge >= 0.3 is 0 Å². The first-order valence-electron chi connectivity index (χ1n) is 7.75. The molecule has 0 radical (unpaired) electrons. The van der Waals surface area contributed by atoms with E-state index in [1.165, 1.54) is 4.31 Å². The molecule has 2 N–H and O–H groups in total. The Balaban J connectivity index is 1.81. The number of hydrogen-bond acceptors (Lipinski definition) is 4. The zero-order chi connectivity index (χ0) is 16.4. The number of amides is 1. The molecule has 0 spiro atoms. The van der Waals surface area contributed by atoms with Crippen molar-refractivity contribution in [2.45, 2.75) is 32.2 Å². The highest BCUT2D eigenvalue weighted by Crippen LogP contribution is 2.25. The van der Waals surface area contributed by atoms with Gasteiger partial charge in [0.2, 0.25) is 15.9 Å². The van der Waals surface area contributed by atoms with Crippen LogP contribution in [0.25, 0.3) is 11.0 Å². The molecule has 2 aromatic rings. The molecular formula is C15H20N4O3S. The molecule has 124 valence electrons. The van der Waals surface area contributed by atoms with Gasteiger partial charge in [-0.1, -0.05) is 13.0 Å². The van der Waals surface area contributed by atoms with Crippen LogP contribution in [-0.2, 0) is 14.8 Å². The van der Waals surface area contributed by atoms with Gasteiger partial charge in [0.15, 0.2) is 0 Å². The molecule has 1 atom stereocenters. The summed E-state index contributed by atoms with van der Waals surface area (Å²) < 4.78 is 25.9. The number of rotatable bonds is 5. The van der Waals surface area contributed by atoms with E-state index in [2.05, 4.69) is 15.3 Å². The summed E-state index contributed by atoms with van der Waals surface area (Å²) in [7, 11) is -3.38. The number of nitrogens with zero attached hydrogens (tertiary/aromatic N) is 2. The van der Waals surface area contributed by atoms with E-state index in [9.17, 15) is 13.2 Å². The van der Waals surface area contributed by atoms with Crippen molar-refractivity contribution in [2.75, 3.05) is 17.6 Å². The monoisotopic (exact) mass is 336 g/mol. The van der Waals surface area contributed by atoms with Gasteiger partial charge in [-0.25, -0.2) is 13.4 Å². The predicted molar refractivity (Wildman–Crippen MR) is 88.5 cm³/mol. The van der Waals surface area contributed by atoms with E-state index < -0.39 is 16.1 Å². The lowest BCUT2D eigenvalue weighted by Gasteiger charge is -2.23. The Morgan fingerprint density at radius 1 is 1.48 bits per heavy atom. The van der Waals surface area contributed by atoms with Gasteiger partial charge in [-0.3, -0.25) is 4.79 Å². The highest BCUT2D eigenvalue weighted by molar-refractivity contribution is 7.89. The largest absolute Gasteiger partial charge is 0.345 e. The van der Waals surface area contributed by atoms with Crippen LogP contribution in [0.15, 0.2) is 24.5 Å². The molecule has 1 unspecified atom stereocenters. The number of nitrogens with one attached hydrogen (secondary N) is 2. The molecule has 0 aliphatic carbocycles. The Bertz CT molecular complexity index is 815. The smallest absolute Gasteiger partial charge is 0.242 e. The SMILES string of the molecule is CCCS(=O)(=O)N1CCCC1C(=O)Nc1cccc2[nH]cnc12. The van der Waals surface area contributed by atoms with E-state index >= 15 is 0 Å². The van der Waals surface area contributed by atoms with E-state index in [0.29, 0.717) is 37.0 Å². The Morgan fingerprint density at radius 2 is 2.30 bits per heavy atom. The third-order valence-electron chi connectivity index (χ3n) is 4.03. The second-order valence-electron chi connectivity index (χ2n) is 5.68. The fourth-order valence-corrected chi connectivity index (χ4v) is 4.74. The Kier molecular flexibility index (Phi) is 4.36. The number of benzene rings is 1. The first-order chi connectivity index (χ1) is 11.0. The molecule has 8 heteroatoms. The molecule has 1 aromatic carbocycles. The standard InChI is InChI=1S/C15H20N4O3S/c1-2-9-23(21,22)19-8-4-7-13(19)15(20)18-12-6-3-5-11-14(12)17-10-16-11/h3,5-6,10,13H,2,4,7-9H2,1H3,(H,16,17)(H,18,20). The zero-order valence-corrected chi connectivity index (χ0v) is 13.8. The molecule has 3 rings (SSSR count). The number of hydrogen-bond donors (Lipinski definition) is 2. The zero-order valence-electron chi connectivity index (χ0n) is 12.9. The van der Waals surface area contributed by atoms with E-state index in [1.807, 2.05) is 19.1 Å². The molecule has 1 aliphatic heterocycles. The highest BCUT2D eigenvalue weighted by atomic mass is 32.2. The Morgan fingerprint density at radius 3 is 3.09 bits per heavy atom. The summed E-state index contributed by atoms with van der Waals surface area (Å²) in [5.41, 5.74) is 2.08. The topological polar surface area (TPSA) is 95.2 Å². The second kappa shape index (κ2) is 6.29. The maximum absolute atomic E-state index is 12.6. The van der Waals surface area contributed by atoms with Crippen molar-refractivity contribution in [3.05, 3.63) is 24.5 Å². The van der Waals surface area contributed by atoms with Gasteiger partial charge in [-0.2, -0.15) is 4.31 Å². The number of aromatic nitrogens is 2. The maximum Gasteiger partial charge on any atom is 0.242 e. The van der Waals surface area contributed by atoms with E-state index in [-0.39, 0.29) is 11.7 Å². The van der Waals surface area contributed by atoms with Crippen molar-refractivity contribution >= 4 is 32.7 Å². The average Bonchev–Trinajstić information content (AvgIpc) is 3.17.